The Bertz CT molecular complexity index is 392. The standard InChI is InChI=1S/C15H23FN2S/c1-2-19-11-5-8-17-13-6-7-15(14(16)12-13)18-9-3-4-10-18/h6-7,12,17H,2-5,8-11H2,1H3. The molecule has 106 valence electrons. The summed E-state index contributed by atoms with van der Waals surface area (Å²) in [6, 6.07) is 5.52. The molecule has 4 heteroatoms. The lowest BCUT2D eigenvalue weighted by atomic mass is 10.2. The average Bonchev–Trinajstić information content (AvgIpc) is 2.92. The first-order valence-electron chi connectivity index (χ1n) is 7.17. The van der Waals surface area contributed by atoms with E-state index in [-0.39, 0.29) is 5.82 Å². The van der Waals surface area contributed by atoms with Crippen molar-refractivity contribution in [1.29, 1.82) is 0 Å². The van der Waals surface area contributed by atoms with Crippen LogP contribution in [0.1, 0.15) is 26.2 Å². The lowest BCUT2D eigenvalue weighted by Crippen LogP contribution is -2.19. The van der Waals surface area contributed by atoms with Crippen molar-refractivity contribution in [2.75, 3.05) is 41.4 Å². The van der Waals surface area contributed by atoms with Gasteiger partial charge in [-0.15, -0.1) is 0 Å². The van der Waals surface area contributed by atoms with E-state index >= 15 is 0 Å². The Labute approximate surface area is 119 Å². The quantitative estimate of drug-likeness (QED) is 0.762. The fourth-order valence-corrected chi connectivity index (χ4v) is 3.02. The summed E-state index contributed by atoms with van der Waals surface area (Å²) in [5, 5.41) is 3.29. The molecule has 1 aliphatic rings. The first-order chi connectivity index (χ1) is 9.31. The number of hydrogen-bond donors (Lipinski definition) is 1. The van der Waals surface area contributed by atoms with Gasteiger partial charge in [-0.25, -0.2) is 4.39 Å². The number of anilines is 2. The molecule has 0 radical (unpaired) electrons. The molecule has 0 aliphatic carbocycles. The smallest absolute Gasteiger partial charge is 0.148 e. The summed E-state index contributed by atoms with van der Waals surface area (Å²) >= 11 is 1.94. The third kappa shape index (κ3) is 4.30. The Morgan fingerprint density at radius 1 is 1.32 bits per heavy atom. The molecule has 1 saturated heterocycles. The summed E-state index contributed by atoms with van der Waals surface area (Å²) < 4.78 is 14.0. The number of hydrogen-bond acceptors (Lipinski definition) is 3. The Hall–Kier alpha value is -0.900. The van der Waals surface area contributed by atoms with Gasteiger partial charge in [0.2, 0.25) is 0 Å². The molecule has 2 rings (SSSR count). The lowest BCUT2D eigenvalue weighted by Gasteiger charge is -2.19. The topological polar surface area (TPSA) is 15.3 Å². The highest BCUT2D eigenvalue weighted by Gasteiger charge is 2.15. The molecule has 1 aromatic carbocycles. The second-order valence-corrected chi connectivity index (χ2v) is 6.23. The van der Waals surface area contributed by atoms with Crippen molar-refractivity contribution in [2.24, 2.45) is 0 Å². The maximum absolute atomic E-state index is 14.0. The van der Waals surface area contributed by atoms with Gasteiger partial charge in [-0.3, -0.25) is 0 Å². The van der Waals surface area contributed by atoms with Crippen LogP contribution in [0.25, 0.3) is 0 Å². The first-order valence-corrected chi connectivity index (χ1v) is 8.33. The molecule has 2 nitrogen and oxygen atoms in total. The van der Waals surface area contributed by atoms with Crippen LogP contribution in [-0.4, -0.2) is 31.1 Å². The van der Waals surface area contributed by atoms with E-state index in [0.717, 1.165) is 43.2 Å². The molecule has 1 N–H and O–H groups in total. The third-order valence-corrected chi connectivity index (χ3v) is 4.38. The molecule has 0 saturated carbocycles. The van der Waals surface area contributed by atoms with Gasteiger partial charge < -0.3 is 10.2 Å². The van der Waals surface area contributed by atoms with E-state index in [1.165, 1.54) is 18.6 Å². The minimum atomic E-state index is -0.102. The van der Waals surface area contributed by atoms with Gasteiger partial charge in [0, 0.05) is 25.3 Å². The molecule has 1 heterocycles. The fourth-order valence-electron chi connectivity index (χ4n) is 2.38. The van der Waals surface area contributed by atoms with Gasteiger partial charge in [-0.05, 0) is 49.0 Å². The number of halogens is 1. The Morgan fingerprint density at radius 2 is 2.11 bits per heavy atom. The number of nitrogens with one attached hydrogen (secondary N) is 1. The summed E-state index contributed by atoms with van der Waals surface area (Å²) in [6.45, 7) is 5.05. The molecule has 19 heavy (non-hydrogen) atoms. The van der Waals surface area contributed by atoms with Gasteiger partial charge >= 0.3 is 0 Å². The van der Waals surface area contributed by atoms with Crippen molar-refractivity contribution < 1.29 is 4.39 Å². The van der Waals surface area contributed by atoms with E-state index in [1.807, 2.05) is 23.9 Å². The van der Waals surface area contributed by atoms with Crippen LogP contribution in [0.5, 0.6) is 0 Å². The molecule has 0 atom stereocenters. The molecule has 1 aliphatic heterocycles. The van der Waals surface area contributed by atoms with E-state index < -0.39 is 0 Å². The van der Waals surface area contributed by atoms with Crippen LogP contribution in [0.3, 0.4) is 0 Å². The number of nitrogens with zero attached hydrogens (tertiary/aromatic N) is 1. The summed E-state index contributed by atoms with van der Waals surface area (Å²) in [7, 11) is 0. The van der Waals surface area contributed by atoms with Crippen LogP contribution in [0.15, 0.2) is 18.2 Å². The summed E-state index contributed by atoms with van der Waals surface area (Å²) in [5.74, 6) is 2.23. The highest BCUT2D eigenvalue weighted by molar-refractivity contribution is 7.99. The molecule has 1 aromatic rings. The van der Waals surface area contributed by atoms with Crippen molar-refractivity contribution in [3.8, 4) is 0 Å². The molecule has 0 aromatic heterocycles. The van der Waals surface area contributed by atoms with Crippen molar-refractivity contribution in [3.05, 3.63) is 24.0 Å². The van der Waals surface area contributed by atoms with Gasteiger partial charge in [0.1, 0.15) is 5.82 Å². The Morgan fingerprint density at radius 3 is 2.79 bits per heavy atom. The maximum Gasteiger partial charge on any atom is 0.148 e. The van der Waals surface area contributed by atoms with E-state index in [0.29, 0.717) is 0 Å². The van der Waals surface area contributed by atoms with Gasteiger partial charge in [-0.1, -0.05) is 6.92 Å². The highest BCUT2D eigenvalue weighted by atomic mass is 32.2. The van der Waals surface area contributed by atoms with Crippen molar-refractivity contribution in [3.63, 3.8) is 0 Å². The predicted octanol–water partition coefficient (Wildman–Crippen LogP) is 3.98. The Kier molecular flexibility index (Phi) is 5.83. The van der Waals surface area contributed by atoms with Crippen LogP contribution < -0.4 is 10.2 Å². The molecular formula is C15H23FN2S. The van der Waals surface area contributed by atoms with Crippen molar-refractivity contribution in [1.82, 2.24) is 0 Å². The molecular weight excluding hydrogens is 259 g/mol. The number of rotatable bonds is 7. The molecule has 1 fully saturated rings. The summed E-state index contributed by atoms with van der Waals surface area (Å²) in [5.41, 5.74) is 1.64. The third-order valence-electron chi connectivity index (χ3n) is 3.39. The minimum absolute atomic E-state index is 0.102. The van der Waals surface area contributed by atoms with Crippen LogP contribution in [0.4, 0.5) is 15.8 Å². The summed E-state index contributed by atoms with van der Waals surface area (Å²) in [6.07, 6.45) is 3.47. The molecule has 0 unspecified atom stereocenters. The monoisotopic (exact) mass is 282 g/mol. The van der Waals surface area contributed by atoms with E-state index in [4.69, 9.17) is 0 Å². The minimum Gasteiger partial charge on any atom is -0.385 e. The van der Waals surface area contributed by atoms with Gasteiger partial charge in [-0.2, -0.15) is 11.8 Å². The highest BCUT2D eigenvalue weighted by Crippen LogP contribution is 2.26. The van der Waals surface area contributed by atoms with E-state index in [9.17, 15) is 4.39 Å². The Balaban J connectivity index is 1.84. The average molecular weight is 282 g/mol. The zero-order chi connectivity index (χ0) is 13.5. The first kappa shape index (κ1) is 14.5. The predicted molar refractivity (Wildman–Crippen MR) is 84.0 cm³/mol. The molecule has 0 spiro atoms. The van der Waals surface area contributed by atoms with E-state index in [1.54, 1.807) is 6.07 Å². The SMILES string of the molecule is CCSCCCNc1ccc(N2CCCC2)c(F)c1. The zero-order valence-electron chi connectivity index (χ0n) is 11.6. The van der Waals surface area contributed by atoms with Crippen LogP contribution in [-0.2, 0) is 0 Å². The van der Waals surface area contributed by atoms with Crippen molar-refractivity contribution >= 4 is 23.1 Å². The summed E-state index contributed by atoms with van der Waals surface area (Å²) in [4.78, 5) is 2.14. The fraction of sp³-hybridized carbons (Fsp3) is 0.600. The van der Waals surface area contributed by atoms with Crippen molar-refractivity contribution in [2.45, 2.75) is 26.2 Å². The molecule has 0 bridgehead atoms. The second-order valence-electron chi connectivity index (χ2n) is 4.84. The lowest BCUT2D eigenvalue weighted by molar-refractivity contribution is 0.623. The number of thioether (sulfide) groups is 1. The van der Waals surface area contributed by atoms with Gasteiger partial charge in [0.15, 0.2) is 0 Å². The maximum atomic E-state index is 14.0. The van der Waals surface area contributed by atoms with Crippen LogP contribution >= 0.6 is 11.8 Å². The second kappa shape index (κ2) is 7.63. The zero-order valence-corrected chi connectivity index (χ0v) is 12.4. The molecule has 0 amide bonds. The van der Waals surface area contributed by atoms with Crippen LogP contribution in [0, 0.1) is 5.82 Å². The van der Waals surface area contributed by atoms with E-state index in [2.05, 4.69) is 17.1 Å². The normalized spacial score (nSPS) is 14.9. The van der Waals surface area contributed by atoms with Crippen LogP contribution in [0.2, 0.25) is 0 Å². The van der Waals surface area contributed by atoms with Gasteiger partial charge in [0.05, 0.1) is 5.69 Å². The largest absolute Gasteiger partial charge is 0.385 e. The van der Waals surface area contributed by atoms with Gasteiger partial charge in [0.25, 0.3) is 0 Å². The number of benzene rings is 1.